The lowest BCUT2D eigenvalue weighted by Gasteiger charge is -2.39. The number of aryl methyl sites for hydroxylation is 2. The van der Waals surface area contributed by atoms with Gasteiger partial charge < -0.3 is 14.7 Å². The van der Waals surface area contributed by atoms with Crippen LogP contribution < -0.4 is 4.74 Å². The van der Waals surface area contributed by atoms with Gasteiger partial charge in [-0.25, -0.2) is 0 Å². The zero-order chi connectivity index (χ0) is 24.7. The van der Waals surface area contributed by atoms with Crippen molar-refractivity contribution in [2.24, 2.45) is 5.41 Å². The van der Waals surface area contributed by atoms with Gasteiger partial charge in [0.05, 0.1) is 23.1 Å². The van der Waals surface area contributed by atoms with Crippen molar-refractivity contribution in [1.29, 1.82) is 0 Å². The van der Waals surface area contributed by atoms with Crippen LogP contribution in [0.15, 0.2) is 48.8 Å². The average Bonchev–Trinajstić information content (AvgIpc) is 2.89. The van der Waals surface area contributed by atoms with Gasteiger partial charge in [-0.1, -0.05) is 17.7 Å². The molecule has 6 nitrogen and oxygen atoms in total. The van der Waals surface area contributed by atoms with Crippen molar-refractivity contribution in [3.63, 3.8) is 0 Å². The number of hydrogen-bond donors (Lipinski definition) is 1. The molecule has 1 N–H and O–H groups in total. The number of carboxylic acids is 1. The second-order valence-corrected chi connectivity index (χ2v) is 9.93. The molecule has 35 heavy (non-hydrogen) atoms. The van der Waals surface area contributed by atoms with Gasteiger partial charge in [0.1, 0.15) is 5.75 Å². The molecule has 1 aliphatic heterocycles. The maximum atomic E-state index is 12.3. The van der Waals surface area contributed by atoms with E-state index in [0.717, 1.165) is 79.6 Å². The number of benzene rings is 1. The first kappa shape index (κ1) is 25.4. The molecule has 0 aliphatic carbocycles. The van der Waals surface area contributed by atoms with Crippen molar-refractivity contribution in [3.8, 4) is 5.75 Å². The first-order valence-corrected chi connectivity index (χ1v) is 12.9. The topological polar surface area (TPSA) is 75.6 Å². The maximum absolute atomic E-state index is 12.3. The Bertz CT molecular complexity index is 1130. The lowest BCUT2D eigenvalue weighted by atomic mass is 9.74. The standard InChI is InChI=1S/C28H34ClN3O3/c1-35-22-10-11-26-24(19-22)23(25(29)20-31-26)9-6-12-28(27(33)34)13-17-32(18-14-28)16-5-3-8-21-7-2-4-15-30-21/h2,4,7,10-11,15,19-20H,3,5-6,8-9,12-14,16-18H2,1H3,(H,33,34). The fourth-order valence-electron chi connectivity index (χ4n) is 5.15. The van der Waals surface area contributed by atoms with E-state index in [2.05, 4.69) is 20.9 Å². The third-order valence-corrected chi connectivity index (χ3v) is 7.69. The highest BCUT2D eigenvalue weighted by molar-refractivity contribution is 6.32. The van der Waals surface area contributed by atoms with Gasteiger partial charge in [0, 0.05) is 23.5 Å². The van der Waals surface area contributed by atoms with Crippen LogP contribution in [0.25, 0.3) is 10.9 Å². The Labute approximate surface area is 212 Å². The van der Waals surface area contributed by atoms with E-state index < -0.39 is 11.4 Å². The highest BCUT2D eigenvalue weighted by atomic mass is 35.5. The minimum atomic E-state index is -0.667. The number of methoxy groups -OCH3 is 1. The number of likely N-dealkylation sites (tertiary alicyclic amines) is 1. The number of piperidine rings is 1. The summed E-state index contributed by atoms with van der Waals surface area (Å²) in [6.45, 7) is 2.70. The van der Waals surface area contributed by atoms with Crippen LogP contribution in [-0.4, -0.2) is 52.7 Å². The van der Waals surface area contributed by atoms with Crippen LogP contribution in [-0.2, 0) is 17.6 Å². The molecule has 1 aromatic carbocycles. The molecule has 3 heterocycles. The zero-order valence-electron chi connectivity index (χ0n) is 20.4. The summed E-state index contributed by atoms with van der Waals surface area (Å²) < 4.78 is 5.38. The van der Waals surface area contributed by atoms with Gasteiger partial charge >= 0.3 is 5.97 Å². The van der Waals surface area contributed by atoms with E-state index >= 15 is 0 Å². The number of pyridine rings is 2. The quantitative estimate of drug-likeness (QED) is 0.338. The van der Waals surface area contributed by atoms with Gasteiger partial charge in [-0.3, -0.25) is 14.8 Å². The number of nitrogens with zero attached hydrogens (tertiary/aromatic N) is 3. The van der Waals surface area contributed by atoms with Crippen LogP contribution in [0.4, 0.5) is 0 Å². The van der Waals surface area contributed by atoms with Crippen molar-refractivity contribution in [1.82, 2.24) is 14.9 Å². The summed E-state index contributed by atoms with van der Waals surface area (Å²) in [5, 5.41) is 11.7. The Morgan fingerprint density at radius 2 is 1.94 bits per heavy atom. The third-order valence-electron chi connectivity index (χ3n) is 7.37. The molecule has 0 radical (unpaired) electrons. The van der Waals surface area contributed by atoms with E-state index in [1.807, 2.05) is 36.5 Å². The summed E-state index contributed by atoms with van der Waals surface area (Å²) in [6, 6.07) is 11.8. The number of fused-ring (bicyclic) bond motifs is 1. The number of carboxylic acid groups (broad SMARTS) is 1. The molecule has 0 saturated carbocycles. The molecule has 2 aromatic heterocycles. The number of carbonyl (C=O) groups is 1. The van der Waals surface area contributed by atoms with Crippen LogP contribution in [0.2, 0.25) is 5.02 Å². The van der Waals surface area contributed by atoms with Crippen LogP contribution in [0.3, 0.4) is 0 Å². The first-order valence-electron chi connectivity index (χ1n) is 12.5. The van der Waals surface area contributed by atoms with Gasteiger partial charge in [0.25, 0.3) is 0 Å². The van der Waals surface area contributed by atoms with Gasteiger partial charge in [-0.05, 0) is 107 Å². The van der Waals surface area contributed by atoms with Crippen LogP contribution in [0.1, 0.15) is 49.8 Å². The zero-order valence-corrected chi connectivity index (χ0v) is 21.1. The average molecular weight is 496 g/mol. The molecule has 0 amide bonds. The molecule has 4 rings (SSSR count). The molecule has 0 spiro atoms. The van der Waals surface area contributed by atoms with Gasteiger partial charge in [0.15, 0.2) is 0 Å². The van der Waals surface area contributed by atoms with E-state index in [1.54, 1.807) is 13.3 Å². The van der Waals surface area contributed by atoms with E-state index in [0.29, 0.717) is 24.3 Å². The summed E-state index contributed by atoms with van der Waals surface area (Å²) in [7, 11) is 1.64. The summed E-state index contributed by atoms with van der Waals surface area (Å²) in [4.78, 5) is 23.6. The van der Waals surface area contributed by atoms with Crippen molar-refractivity contribution < 1.29 is 14.6 Å². The molecular formula is C28H34ClN3O3. The number of ether oxygens (including phenoxy) is 1. The number of aromatic nitrogens is 2. The van der Waals surface area contributed by atoms with Crippen LogP contribution >= 0.6 is 11.6 Å². The smallest absolute Gasteiger partial charge is 0.309 e. The van der Waals surface area contributed by atoms with E-state index in [4.69, 9.17) is 16.3 Å². The van der Waals surface area contributed by atoms with Gasteiger partial charge in [0.2, 0.25) is 0 Å². The highest BCUT2D eigenvalue weighted by Crippen LogP contribution is 2.38. The number of hydrogen-bond acceptors (Lipinski definition) is 5. The normalized spacial score (nSPS) is 15.8. The Morgan fingerprint density at radius 3 is 2.66 bits per heavy atom. The number of rotatable bonds is 11. The maximum Gasteiger partial charge on any atom is 0.309 e. The number of unbranched alkanes of at least 4 members (excludes halogenated alkanes) is 1. The van der Waals surface area contributed by atoms with Crippen molar-refractivity contribution >= 4 is 28.5 Å². The predicted molar refractivity (Wildman–Crippen MR) is 139 cm³/mol. The number of halogens is 1. The monoisotopic (exact) mass is 495 g/mol. The van der Waals surface area contributed by atoms with E-state index in [9.17, 15) is 9.90 Å². The molecule has 3 aromatic rings. The molecule has 1 fully saturated rings. The molecule has 186 valence electrons. The minimum Gasteiger partial charge on any atom is -0.497 e. The van der Waals surface area contributed by atoms with Crippen LogP contribution in [0.5, 0.6) is 5.75 Å². The van der Waals surface area contributed by atoms with E-state index in [1.165, 1.54) is 0 Å². The van der Waals surface area contributed by atoms with Gasteiger partial charge in [-0.2, -0.15) is 0 Å². The highest BCUT2D eigenvalue weighted by Gasteiger charge is 2.40. The summed E-state index contributed by atoms with van der Waals surface area (Å²) in [6.07, 6.45) is 10.3. The first-order chi connectivity index (χ1) is 17.0. The SMILES string of the molecule is COc1ccc2ncc(Cl)c(CCCC3(C(=O)O)CCN(CCCCc4ccccn4)CC3)c2c1. The van der Waals surface area contributed by atoms with Gasteiger partial charge in [-0.15, -0.1) is 0 Å². The van der Waals surface area contributed by atoms with Crippen LogP contribution in [0, 0.1) is 5.41 Å². The van der Waals surface area contributed by atoms with E-state index in [-0.39, 0.29) is 0 Å². The molecule has 0 unspecified atom stereocenters. The van der Waals surface area contributed by atoms with Crippen molar-refractivity contribution in [2.75, 3.05) is 26.7 Å². The molecule has 7 heteroatoms. The second-order valence-electron chi connectivity index (χ2n) is 9.53. The fourth-order valence-corrected chi connectivity index (χ4v) is 5.39. The molecule has 1 saturated heterocycles. The lowest BCUT2D eigenvalue weighted by molar-refractivity contribution is -0.152. The fraction of sp³-hybridized carbons (Fsp3) is 0.464. The molecule has 1 aliphatic rings. The largest absolute Gasteiger partial charge is 0.497 e. The summed E-state index contributed by atoms with van der Waals surface area (Å²) >= 11 is 6.51. The third kappa shape index (κ3) is 6.30. The summed E-state index contributed by atoms with van der Waals surface area (Å²) in [5.41, 5.74) is 2.37. The Morgan fingerprint density at radius 1 is 1.11 bits per heavy atom. The Balaban J connectivity index is 1.30. The summed E-state index contributed by atoms with van der Waals surface area (Å²) in [5.74, 6) is 0.0943. The molecule has 0 bridgehead atoms. The number of aliphatic carboxylic acids is 1. The Kier molecular flexibility index (Phi) is 8.58. The molecule has 0 atom stereocenters. The predicted octanol–water partition coefficient (Wildman–Crippen LogP) is 5.80. The Hall–Kier alpha value is -2.70. The lowest BCUT2D eigenvalue weighted by Crippen LogP contribution is -2.44. The van der Waals surface area contributed by atoms with Crippen molar-refractivity contribution in [2.45, 2.75) is 51.4 Å². The molecular weight excluding hydrogens is 462 g/mol. The minimum absolute atomic E-state index is 0.621. The van der Waals surface area contributed by atoms with Crippen molar-refractivity contribution in [3.05, 3.63) is 65.1 Å². The second kappa shape index (κ2) is 11.8.